The van der Waals surface area contributed by atoms with Crippen molar-refractivity contribution >= 4 is 33.5 Å². The van der Waals surface area contributed by atoms with Crippen LogP contribution in [0.1, 0.15) is 17.0 Å². The first-order chi connectivity index (χ1) is 11.7. The molecule has 1 aromatic heterocycles. The second-order valence-electron chi connectivity index (χ2n) is 5.63. The minimum atomic E-state index is -3.91. The summed E-state index contributed by atoms with van der Waals surface area (Å²) in [6.45, 7) is 1.13. The molecule has 2 N–H and O–H groups in total. The number of hydrogen-bond donors (Lipinski definition) is 2. The van der Waals surface area contributed by atoms with E-state index in [-0.39, 0.29) is 22.9 Å². The molecule has 7 nitrogen and oxygen atoms in total. The Morgan fingerprint density at radius 1 is 1.28 bits per heavy atom. The molecular formula is C16H15ClN2O5S. The van der Waals surface area contributed by atoms with Gasteiger partial charge in [0.1, 0.15) is 6.54 Å². The zero-order valence-corrected chi connectivity index (χ0v) is 14.8. The van der Waals surface area contributed by atoms with Gasteiger partial charge in [-0.25, -0.2) is 8.42 Å². The lowest BCUT2D eigenvalue weighted by Gasteiger charge is -2.18. The Kier molecular flexibility index (Phi) is 4.36. The minimum absolute atomic E-state index is 0.00877. The van der Waals surface area contributed by atoms with Gasteiger partial charge in [0.25, 0.3) is 0 Å². The van der Waals surface area contributed by atoms with Gasteiger partial charge in [-0.3, -0.25) is 15.1 Å². The van der Waals surface area contributed by atoms with E-state index in [0.717, 1.165) is 5.06 Å². The maximum absolute atomic E-state index is 13.1. The highest BCUT2D eigenvalue weighted by Gasteiger charge is 2.32. The van der Waals surface area contributed by atoms with Gasteiger partial charge < -0.3 is 9.67 Å². The molecule has 3 rings (SSSR count). The Bertz CT molecular complexity index is 977. The zero-order valence-electron chi connectivity index (χ0n) is 13.2. The molecule has 1 aliphatic rings. The minimum Gasteiger partial charge on any atom is -0.480 e. The fraction of sp³-hybridized carbons (Fsp3) is 0.188. The number of carboxylic acids is 1. The Morgan fingerprint density at radius 2 is 1.92 bits per heavy atom. The number of rotatable bonds is 4. The largest absolute Gasteiger partial charge is 0.480 e. The molecule has 9 heteroatoms. The van der Waals surface area contributed by atoms with E-state index in [1.807, 2.05) is 0 Å². The molecule has 0 aliphatic carbocycles. The summed E-state index contributed by atoms with van der Waals surface area (Å²) in [5.41, 5.74) is 1.12. The molecule has 0 atom stereocenters. The van der Waals surface area contributed by atoms with Crippen LogP contribution in [0, 0.1) is 6.92 Å². The molecule has 0 unspecified atom stereocenters. The molecule has 132 valence electrons. The molecule has 0 saturated heterocycles. The van der Waals surface area contributed by atoms with Crippen molar-refractivity contribution in [1.82, 2.24) is 9.63 Å². The summed E-state index contributed by atoms with van der Waals surface area (Å²) in [6, 6.07) is 5.74. The molecular weight excluding hydrogens is 368 g/mol. The number of halogens is 1. The number of sulfone groups is 1. The molecule has 2 heterocycles. The monoisotopic (exact) mass is 382 g/mol. The van der Waals surface area contributed by atoms with Gasteiger partial charge in [0.2, 0.25) is 9.84 Å². The Morgan fingerprint density at radius 3 is 2.52 bits per heavy atom. The van der Waals surface area contributed by atoms with Crippen LogP contribution in [0.4, 0.5) is 0 Å². The van der Waals surface area contributed by atoms with Crippen LogP contribution in [-0.4, -0.2) is 34.3 Å². The predicted octanol–water partition coefficient (Wildman–Crippen LogP) is 2.54. The standard InChI is InChI=1S/C16H15ClN2O5S/c1-10-16(25(23,24)12-4-2-11(17)3-5-12)13-8-18(22)7-6-14(13)19(10)9-15(20)21/h2-7,22H,8-9H2,1H3,(H,20,21). The predicted molar refractivity (Wildman–Crippen MR) is 90.1 cm³/mol. The molecule has 0 bridgehead atoms. The van der Waals surface area contributed by atoms with Crippen LogP contribution in [0.3, 0.4) is 0 Å². The van der Waals surface area contributed by atoms with Gasteiger partial charge in [-0.05, 0) is 37.3 Å². The van der Waals surface area contributed by atoms with Crippen LogP contribution >= 0.6 is 11.6 Å². The van der Waals surface area contributed by atoms with Gasteiger partial charge in [-0.2, -0.15) is 0 Å². The van der Waals surface area contributed by atoms with Gasteiger partial charge in [-0.15, -0.1) is 0 Å². The van der Waals surface area contributed by atoms with E-state index >= 15 is 0 Å². The summed E-state index contributed by atoms with van der Waals surface area (Å²) in [6.07, 6.45) is 2.86. The number of aliphatic carboxylic acids is 1. The normalized spacial score (nSPS) is 13.8. The maximum atomic E-state index is 13.1. The molecule has 2 aromatic rings. The van der Waals surface area contributed by atoms with E-state index in [1.54, 1.807) is 6.92 Å². The van der Waals surface area contributed by atoms with Gasteiger partial charge in [0, 0.05) is 28.2 Å². The van der Waals surface area contributed by atoms with E-state index in [1.165, 1.54) is 41.1 Å². The highest BCUT2D eigenvalue weighted by Crippen LogP contribution is 2.35. The Hall–Kier alpha value is -2.29. The molecule has 0 fully saturated rings. The molecule has 0 amide bonds. The van der Waals surface area contributed by atoms with E-state index in [2.05, 4.69) is 0 Å². The van der Waals surface area contributed by atoms with Gasteiger partial charge >= 0.3 is 5.97 Å². The van der Waals surface area contributed by atoms with Crippen LogP contribution in [0.15, 0.2) is 40.3 Å². The number of fused-ring (bicyclic) bond motifs is 1. The lowest BCUT2D eigenvalue weighted by molar-refractivity contribution is -0.137. The number of hydrogen-bond acceptors (Lipinski definition) is 5. The average molecular weight is 383 g/mol. The van der Waals surface area contributed by atoms with E-state index in [9.17, 15) is 18.4 Å². The van der Waals surface area contributed by atoms with Crippen molar-refractivity contribution in [3.05, 3.63) is 52.4 Å². The summed E-state index contributed by atoms with van der Waals surface area (Å²) in [4.78, 5) is 11.2. The summed E-state index contributed by atoms with van der Waals surface area (Å²) in [7, 11) is -3.91. The first-order valence-electron chi connectivity index (χ1n) is 7.30. The highest BCUT2D eigenvalue weighted by atomic mass is 35.5. The second-order valence-corrected chi connectivity index (χ2v) is 7.95. The summed E-state index contributed by atoms with van der Waals surface area (Å²) in [5.74, 6) is -1.09. The summed E-state index contributed by atoms with van der Waals surface area (Å²) in [5, 5.41) is 20.1. The highest BCUT2D eigenvalue weighted by molar-refractivity contribution is 7.91. The smallest absolute Gasteiger partial charge is 0.323 e. The number of carboxylic acid groups (broad SMARTS) is 1. The van der Waals surface area contributed by atoms with Crippen molar-refractivity contribution < 1.29 is 23.5 Å². The lowest BCUT2D eigenvalue weighted by Crippen LogP contribution is -2.18. The summed E-state index contributed by atoms with van der Waals surface area (Å²) >= 11 is 5.82. The molecule has 1 aromatic carbocycles. The van der Waals surface area contributed by atoms with Crippen molar-refractivity contribution in [2.75, 3.05) is 0 Å². The number of benzene rings is 1. The number of aromatic nitrogens is 1. The van der Waals surface area contributed by atoms with Crippen LogP contribution in [-0.2, 0) is 27.7 Å². The topological polar surface area (TPSA) is 99.8 Å². The first-order valence-corrected chi connectivity index (χ1v) is 9.16. The number of nitrogens with zero attached hydrogens (tertiary/aromatic N) is 2. The third-order valence-electron chi connectivity index (χ3n) is 4.02. The van der Waals surface area contributed by atoms with Crippen LogP contribution in [0.25, 0.3) is 6.08 Å². The SMILES string of the molecule is Cc1c(S(=O)(=O)c2ccc(Cl)cc2)c2c(n1CC(=O)O)C=CN(O)C2. The van der Waals surface area contributed by atoms with Crippen molar-refractivity contribution in [2.45, 2.75) is 29.8 Å². The van der Waals surface area contributed by atoms with Crippen molar-refractivity contribution in [2.24, 2.45) is 0 Å². The Labute approximate surface area is 149 Å². The fourth-order valence-electron chi connectivity index (χ4n) is 2.94. The molecule has 0 spiro atoms. The van der Waals surface area contributed by atoms with Gasteiger partial charge in [0.05, 0.1) is 16.3 Å². The van der Waals surface area contributed by atoms with Crippen LogP contribution < -0.4 is 0 Å². The lowest BCUT2D eigenvalue weighted by atomic mass is 10.2. The molecule has 25 heavy (non-hydrogen) atoms. The Balaban J connectivity index is 2.25. The van der Waals surface area contributed by atoms with Gasteiger partial charge in [0.15, 0.2) is 0 Å². The van der Waals surface area contributed by atoms with E-state index in [0.29, 0.717) is 22.0 Å². The average Bonchev–Trinajstić information content (AvgIpc) is 2.79. The molecule has 0 saturated carbocycles. The first kappa shape index (κ1) is 17.5. The van der Waals surface area contributed by atoms with Crippen molar-refractivity contribution in [1.29, 1.82) is 0 Å². The summed E-state index contributed by atoms with van der Waals surface area (Å²) < 4.78 is 27.7. The third kappa shape index (κ3) is 3.04. The fourth-order valence-corrected chi connectivity index (χ4v) is 4.79. The third-order valence-corrected chi connectivity index (χ3v) is 6.24. The maximum Gasteiger partial charge on any atom is 0.323 e. The van der Waals surface area contributed by atoms with Crippen molar-refractivity contribution in [3.63, 3.8) is 0 Å². The number of carbonyl (C=O) groups is 1. The quantitative estimate of drug-likeness (QED) is 0.842. The van der Waals surface area contributed by atoms with Crippen LogP contribution in [0.2, 0.25) is 5.02 Å². The molecule has 0 radical (unpaired) electrons. The van der Waals surface area contributed by atoms with Crippen LogP contribution in [0.5, 0.6) is 0 Å². The van der Waals surface area contributed by atoms with Crippen molar-refractivity contribution in [3.8, 4) is 0 Å². The van der Waals surface area contributed by atoms with E-state index in [4.69, 9.17) is 16.7 Å². The van der Waals surface area contributed by atoms with Gasteiger partial charge in [-0.1, -0.05) is 11.6 Å². The zero-order chi connectivity index (χ0) is 18.4. The number of hydroxylamine groups is 2. The second kappa shape index (κ2) is 6.21. The molecule has 1 aliphatic heterocycles. The van der Waals surface area contributed by atoms with E-state index < -0.39 is 15.8 Å².